The summed E-state index contributed by atoms with van der Waals surface area (Å²) in [5.74, 6) is 0.652. The van der Waals surface area contributed by atoms with Gasteiger partial charge in [0.2, 0.25) is 0 Å². The van der Waals surface area contributed by atoms with Crippen molar-refractivity contribution in [3.63, 3.8) is 0 Å². The van der Waals surface area contributed by atoms with E-state index in [4.69, 9.17) is 11.0 Å². The molecular formula is C14H27N3. The van der Waals surface area contributed by atoms with Crippen LogP contribution in [0.3, 0.4) is 0 Å². The lowest BCUT2D eigenvalue weighted by atomic mass is 9.83. The van der Waals surface area contributed by atoms with Gasteiger partial charge in [0, 0.05) is 6.04 Å². The van der Waals surface area contributed by atoms with Crippen LogP contribution in [0.25, 0.3) is 0 Å². The van der Waals surface area contributed by atoms with Gasteiger partial charge in [-0.2, -0.15) is 5.26 Å². The summed E-state index contributed by atoms with van der Waals surface area (Å²) in [6.07, 6.45) is 6.13. The molecule has 17 heavy (non-hydrogen) atoms. The van der Waals surface area contributed by atoms with Gasteiger partial charge in [-0.3, -0.25) is 0 Å². The summed E-state index contributed by atoms with van der Waals surface area (Å²) in [6, 6.07) is 3.00. The normalized spacial score (nSPS) is 25.9. The number of nitrogens with zero attached hydrogens (tertiary/aromatic N) is 2. The van der Waals surface area contributed by atoms with Crippen molar-refractivity contribution in [3.8, 4) is 6.07 Å². The lowest BCUT2D eigenvalue weighted by Gasteiger charge is -2.38. The Kier molecular flexibility index (Phi) is 5.42. The summed E-state index contributed by atoms with van der Waals surface area (Å²) in [7, 11) is 2.19. The highest BCUT2D eigenvalue weighted by Crippen LogP contribution is 2.28. The topological polar surface area (TPSA) is 53.0 Å². The molecule has 0 aliphatic heterocycles. The Labute approximate surface area is 106 Å². The number of rotatable bonds is 5. The molecule has 1 saturated carbocycles. The highest BCUT2D eigenvalue weighted by molar-refractivity contribution is 4.92. The van der Waals surface area contributed by atoms with Crippen LogP contribution < -0.4 is 5.73 Å². The van der Waals surface area contributed by atoms with Gasteiger partial charge in [-0.1, -0.05) is 12.8 Å². The van der Waals surface area contributed by atoms with Gasteiger partial charge in [0.25, 0.3) is 0 Å². The van der Waals surface area contributed by atoms with Gasteiger partial charge in [0.05, 0.1) is 11.5 Å². The van der Waals surface area contributed by atoms with Crippen LogP contribution in [0.4, 0.5) is 0 Å². The Bertz CT molecular complexity index is 267. The Hall–Kier alpha value is -0.590. The van der Waals surface area contributed by atoms with Crippen LogP contribution in [0.1, 0.15) is 46.0 Å². The monoisotopic (exact) mass is 237 g/mol. The van der Waals surface area contributed by atoms with Crippen LogP contribution in [0.5, 0.6) is 0 Å². The average Bonchev–Trinajstić information content (AvgIpc) is 2.36. The Balaban J connectivity index is 2.45. The third-order valence-corrected chi connectivity index (χ3v) is 4.13. The first-order chi connectivity index (χ1) is 8.00. The molecule has 2 atom stereocenters. The zero-order valence-corrected chi connectivity index (χ0v) is 11.6. The van der Waals surface area contributed by atoms with E-state index in [0.29, 0.717) is 12.0 Å². The van der Waals surface area contributed by atoms with Crippen molar-refractivity contribution < 1.29 is 0 Å². The molecule has 3 heteroatoms. The van der Waals surface area contributed by atoms with E-state index in [-0.39, 0.29) is 5.41 Å². The van der Waals surface area contributed by atoms with E-state index < -0.39 is 0 Å². The van der Waals surface area contributed by atoms with Crippen molar-refractivity contribution in [1.82, 2.24) is 4.90 Å². The largest absolute Gasteiger partial charge is 0.330 e. The lowest BCUT2D eigenvalue weighted by Crippen LogP contribution is -2.44. The van der Waals surface area contributed by atoms with E-state index in [2.05, 4.69) is 18.0 Å². The molecule has 0 saturated heterocycles. The van der Waals surface area contributed by atoms with E-state index in [0.717, 1.165) is 19.5 Å². The molecule has 2 unspecified atom stereocenters. The summed E-state index contributed by atoms with van der Waals surface area (Å²) in [6.45, 7) is 5.84. The molecule has 3 nitrogen and oxygen atoms in total. The quantitative estimate of drug-likeness (QED) is 0.798. The number of hydrogen-bond donors (Lipinski definition) is 1. The van der Waals surface area contributed by atoms with Crippen molar-refractivity contribution >= 4 is 0 Å². The predicted molar refractivity (Wildman–Crippen MR) is 71.4 cm³/mol. The molecule has 0 radical (unpaired) electrons. The van der Waals surface area contributed by atoms with Gasteiger partial charge in [-0.25, -0.2) is 0 Å². The fourth-order valence-electron chi connectivity index (χ4n) is 2.72. The first-order valence-corrected chi connectivity index (χ1v) is 6.82. The van der Waals surface area contributed by atoms with E-state index in [1.807, 2.05) is 13.8 Å². The second kappa shape index (κ2) is 6.37. The second-order valence-corrected chi connectivity index (χ2v) is 6.07. The van der Waals surface area contributed by atoms with Crippen LogP contribution in [-0.2, 0) is 0 Å². The maximum atomic E-state index is 9.03. The van der Waals surface area contributed by atoms with Gasteiger partial charge < -0.3 is 10.6 Å². The molecule has 1 aliphatic carbocycles. The highest BCUT2D eigenvalue weighted by Gasteiger charge is 2.28. The predicted octanol–water partition coefficient (Wildman–Crippen LogP) is 2.38. The van der Waals surface area contributed by atoms with Crippen molar-refractivity contribution in [2.24, 2.45) is 17.1 Å². The van der Waals surface area contributed by atoms with Crippen LogP contribution in [-0.4, -0.2) is 31.1 Å². The molecule has 0 aromatic rings. The molecule has 0 bridgehead atoms. The highest BCUT2D eigenvalue weighted by atomic mass is 15.1. The zero-order chi connectivity index (χ0) is 12.9. The first-order valence-electron chi connectivity index (χ1n) is 6.82. The smallest absolute Gasteiger partial charge is 0.0684 e. The molecule has 98 valence electrons. The molecule has 1 fully saturated rings. The SMILES string of the molecule is CN(CCC(C)(C)C#N)C1CCCCC1CN. The van der Waals surface area contributed by atoms with Crippen LogP contribution >= 0.6 is 0 Å². The summed E-state index contributed by atoms with van der Waals surface area (Å²) >= 11 is 0. The van der Waals surface area contributed by atoms with Crippen LogP contribution in [0.2, 0.25) is 0 Å². The molecule has 0 aromatic carbocycles. The van der Waals surface area contributed by atoms with Gasteiger partial charge in [-0.05, 0) is 59.2 Å². The number of nitrogens with two attached hydrogens (primary N) is 1. The molecule has 1 rings (SSSR count). The minimum absolute atomic E-state index is 0.207. The van der Waals surface area contributed by atoms with E-state index in [1.165, 1.54) is 25.7 Å². The fourth-order valence-corrected chi connectivity index (χ4v) is 2.72. The van der Waals surface area contributed by atoms with E-state index >= 15 is 0 Å². The third kappa shape index (κ3) is 4.29. The average molecular weight is 237 g/mol. The minimum Gasteiger partial charge on any atom is -0.330 e. The minimum atomic E-state index is -0.207. The molecule has 2 N–H and O–H groups in total. The summed E-state index contributed by atoms with van der Waals surface area (Å²) in [5, 5.41) is 9.03. The first kappa shape index (κ1) is 14.5. The van der Waals surface area contributed by atoms with Gasteiger partial charge in [-0.15, -0.1) is 0 Å². The van der Waals surface area contributed by atoms with Crippen molar-refractivity contribution in [1.29, 1.82) is 5.26 Å². The maximum Gasteiger partial charge on any atom is 0.0684 e. The second-order valence-electron chi connectivity index (χ2n) is 6.07. The lowest BCUT2D eigenvalue weighted by molar-refractivity contribution is 0.124. The fraction of sp³-hybridized carbons (Fsp3) is 0.929. The van der Waals surface area contributed by atoms with Crippen molar-refractivity contribution in [3.05, 3.63) is 0 Å². The van der Waals surface area contributed by atoms with Crippen LogP contribution in [0, 0.1) is 22.7 Å². The van der Waals surface area contributed by atoms with Crippen molar-refractivity contribution in [2.75, 3.05) is 20.1 Å². The van der Waals surface area contributed by atoms with Gasteiger partial charge >= 0.3 is 0 Å². The van der Waals surface area contributed by atoms with Crippen LogP contribution in [0.15, 0.2) is 0 Å². The number of nitriles is 1. The van der Waals surface area contributed by atoms with Gasteiger partial charge in [0.15, 0.2) is 0 Å². The summed E-state index contributed by atoms with van der Waals surface area (Å²) in [5.41, 5.74) is 5.65. The number of hydrogen-bond acceptors (Lipinski definition) is 3. The Morgan fingerprint density at radius 3 is 2.59 bits per heavy atom. The van der Waals surface area contributed by atoms with Crippen molar-refractivity contribution in [2.45, 2.75) is 52.0 Å². The Morgan fingerprint density at radius 1 is 1.35 bits per heavy atom. The van der Waals surface area contributed by atoms with E-state index in [9.17, 15) is 0 Å². The zero-order valence-electron chi connectivity index (χ0n) is 11.6. The van der Waals surface area contributed by atoms with E-state index in [1.54, 1.807) is 0 Å². The maximum absolute atomic E-state index is 9.03. The summed E-state index contributed by atoms with van der Waals surface area (Å²) < 4.78 is 0. The molecule has 0 heterocycles. The van der Waals surface area contributed by atoms with Gasteiger partial charge in [0.1, 0.15) is 0 Å². The molecular weight excluding hydrogens is 210 g/mol. The third-order valence-electron chi connectivity index (χ3n) is 4.13. The molecule has 0 aromatic heterocycles. The Morgan fingerprint density at radius 2 is 2.00 bits per heavy atom. The molecule has 0 amide bonds. The molecule has 0 spiro atoms. The summed E-state index contributed by atoms with van der Waals surface area (Å²) in [4.78, 5) is 2.43. The standard InChI is InChI=1S/C14H27N3/c1-14(2,11-16)8-9-17(3)13-7-5-4-6-12(13)10-15/h12-13H,4-10,15H2,1-3H3. The molecule has 1 aliphatic rings.